The maximum Gasteiger partial charge on any atom is 0.0558 e. The molecule has 0 bridgehead atoms. The lowest BCUT2D eigenvalue weighted by atomic mass is 9.89. The number of methoxy groups -OCH3 is 1. The van der Waals surface area contributed by atoms with E-state index >= 15 is 0 Å². The van der Waals surface area contributed by atoms with Gasteiger partial charge in [-0.05, 0) is 38.3 Å². The van der Waals surface area contributed by atoms with E-state index in [9.17, 15) is 5.11 Å². The Balaban J connectivity index is 3.87. The number of hydrogen-bond donors (Lipinski definition) is 1. The van der Waals surface area contributed by atoms with Gasteiger partial charge in [0.25, 0.3) is 0 Å². The molecule has 0 heterocycles. The minimum Gasteiger partial charge on any atom is -0.395 e. The summed E-state index contributed by atoms with van der Waals surface area (Å²) in [5.41, 5.74) is 0. The second-order valence-electron chi connectivity index (χ2n) is 9.74. The normalized spacial score (nSPS) is 12.7. The summed E-state index contributed by atoms with van der Waals surface area (Å²) in [6.45, 7) is 8.82. The molecule has 0 aliphatic carbocycles. The van der Waals surface area contributed by atoms with E-state index in [0.717, 1.165) is 38.6 Å². The highest BCUT2D eigenvalue weighted by Gasteiger charge is 2.09. The zero-order valence-electron chi connectivity index (χ0n) is 21.9. The zero-order chi connectivity index (χ0) is 22.8. The lowest BCUT2D eigenvalue weighted by Crippen LogP contribution is -2.29. The number of hydrogen-bond acceptors (Lipinski definition) is 3. The third kappa shape index (κ3) is 22.9. The van der Waals surface area contributed by atoms with Crippen molar-refractivity contribution in [3.8, 4) is 0 Å². The molecular weight excluding hydrogens is 382 g/mol. The van der Waals surface area contributed by atoms with Gasteiger partial charge in [-0.3, -0.25) is 0 Å². The minimum atomic E-state index is 0.280. The Hall–Kier alpha value is -0.120. The van der Waals surface area contributed by atoms with Gasteiger partial charge < -0.3 is 14.7 Å². The van der Waals surface area contributed by atoms with Gasteiger partial charge >= 0.3 is 0 Å². The minimum absolute atomic E-state index is 0.280. The van der Waals surface area contributed by atoms with Crippen LogP contribution in [0, 0.1) is 5.92 Å². The Morgan fingerprint density at radius 1 is 0.581 bits per heavy atom. The fourth-order valence-corrected chi connectivity index (χ4v) is 4.69. The van der Waals surface area contributed by atoms with Gasteiger partial charge in [-0.15, -0.1) is 0 Å². The Morgan fingerprint density at radius 3 is 1.55 bits per heavy atom. The molecule has 3 nitrogen and oxygen atoms in total. The van der Waals surface area contributed by atoms with Crippen molar-refractivity contribution in [1.82, 2.24) is 4.90 Å². The first-order valence-electron chi connectivity index (χ1n) is 14.1. The van der Waals surface area contributed by atoms with Gasteiger partial charge in [0, 0.05) is 20.3 Å². The summed E-state index contributed by atoms with van der Waals surface area (Å²) in [7, 11) is 1.77. The predicted octanol–water partition coefficient (Wildman–Crippen LogP) is 8.00. The molecule has 1 unspecified atom stereocenters. The van der Waals surface area contributed by atoms with Crippen molar-refractivity contribution in [3.63, 3.8) is 0 Å². The van der Waals surface area contributed by atoms with E-state index in [0.29, 0.717) is 0 Å². The molecule has 1 N–H and O–H groups in total. The maximum absolute atomic E-state index is 9.29. The van der Waals surface area contributed by atoms with Crippen LogP contribution < -0.4 is 0 Å². The number of nitrogens with zero attached hydrogens (tertiary/aromatic N) is 1. The number of rotatable bonds is 26. The molecule has 188 valence electrons. The van der Waals surface area contributed by atoms with Crippen LogP contribution in [0.3, 0.4) is 0 Å². The van der Waals surface area contributed by atoms with Gasteiger partial charge in [0.15, 0.2) is 0 Å². The fraction of sp³-hybridized carbons (Fsp3) is 1.00. The van der Waals surface area contributed by atoms with Crippen molar-refractivity contribution < 1.29 is 9.84 Å². The third-order valence-corrected chi connectivity index (χ3v) is 6.76. The van der Waals surface area contributed by atoms with Crippen molar-refractivity contribution in [1.29, 1.82) is 0 Å². The standard InChI is InChI=1S/C28H59NO2/c1-4-6-8-11-15-21-28(20-14-9-7-5-2)22-16-12-10-13-17-23-29(25-26-30)24-18-19-27-31-3/h28,30H,4-27H2,1-3H3. The molecular formula is C28H59NO2. The molecule has 0 aromatic rings. The quantitative estimate of drug-likeness (QED) is 0.138. The molecule has 31 heavy (non-hydrogen) atoms. The van der Waals surface area contributed by atoms with Gasteiger partial charge in [0.2, 0.25) is 0 Å². The van der Waals surface area contributed by atoms with Crippen LogP contribution in [0.25, 0.3) is 0 Å². The van der Waals surface area contributed by atoms with Crippen LogP contribution in [-0.2, 0) is 4.74 Å². The number of aliphatic hydroxyl groups excluding tert-OH is 1. The second-order valence-corrected chi connectivity index (χ2v) is 9.74. The van der Waals surface area contributed by atoms with Crippen LogP contribution in [-0.4, -0.2) is 50.0 Å². The molecule has 0 aromatic heterocycles. The van der Waals surface area contributed by atoms with Crippen molar-refractivity contribution in [2.75, 3.05) is 40.0 Å². The van der Waals surface area contributed by atoms with Gasteiger partial charge in [-0.2, -0.15) is 0 Å². The molecule has 0 radical (unpaired) electrons. The van der Waals surface area contributed by atoms with Crippen LogP contribution in [0.2, 0.25) is 0 Å². The molecule has 0 aromatic carbocycles. The fourth-order valence-electron chi connectivity index (χ4n) is 4.69. The number of unbranched alkanes of at least 4 members (excludes halogenated alkanes) is 12. The maximum atomic E-state index is 9.29. The van der Waals surface area contributed by atoms with Crippen LogP contribution in [0.15, 0.2) is 0 Å². The molecule has 0 rings (SSSR count). The average Bonchev–Trinajstić information content (AvgIpc) is 2.78. The van der Waals surface area contributed by atoms with Crippen LogP contribution in [0.1, 0.15) is 136 Å². The zero-order valence-corrected chi connectivity index (χ0v) is 21.9. The van der Waals surface area contributed by atoms with Crippen molar-refractivity contribution >= 4 is 0 Å². The molecule has 0 saturated carbocycles. The number of ether oxygens (including phenoxy) is 1. The molecule has 0 spiro atoms. The molecule has 0 amide bonds. The monoisotopic (exact) mass is 441 g/mol. The van der Waals surface area contributed by atoms with Gasteiger partial charge in [0.1, 0.15) is 0 Å². The van der Waals surface area contributed by atoms with Crippen molar-refractivity contribution in [2.45, 2.75) is 136 Å². The van der Waals surface area contributed by atoms with Gasteiger partial charge in [-0.1, -0.05) is 117 Å². The first-order valence-corrected chi connectivity index (χ1v) is 14.1. The second kappa shape index (κ2) is 26.1. The topological polar surface area (TPSA) is 32.7 Å². The van der Waals surface area contributed by atoms with Crippen molar-refractivity contribution in [2.24, 2.45) is 5.92 Å². The molecule has 0 aliphatic heterocycles. The summed E-state index contributed by atoms with van der Waals surface area (Å²) in [5, 5.41) is 9.29. The highest BCUT2D eigenvalue weighted by molar-refractivity contribution is 4.63. The Morgan fingerprint density at radius 2 is 1.03 bits per heavy atom. The van der Waals surface area contributed by atoms with Crippen LogP contribution >= 0.6 is 0 Å². The van der Waals surface area contributed by atoms with E-state index in [1.165, 1.54) is 116 Å². The van der Waals surface area contributed by atoms with Gasteiger partial charge in [0.05, 0.1) is 6.61 Å². The SMILES string of the molecule is CCCCCCCC(CCCCCC)CCCCCCCN(CCO)CCCCOC. The van der Waals surface area contributed by atoms with E-state index in [1.54, 1.807) is 7.11 Å². The third-order valence-electron chi connectivity index (χ3n) is 6.76. The van der Waals surface area contributed by atoms with E-state index < -0.39 is 0 Å². The highest BCUT2D eigenvalue weighted by Crippen LogP contribution is 2.24. The van der Waals surface area contributed by atoms with Gasteiger partial charge in [-0.25, -0.2) is 0 Å². The van der Waals surface area contributed by atoms with Crippen LogP contribution in [0.5, 0.6) is 0 Å². The predicted molar refractivity (Wildman–Crippen MR) is 138 cm³/mol. The van der Waals surface area contributed by atoms with Crippen molar-refractivity contribution in [3.05, 3.63) is 0 Å². The van der Waals surface area contributed by atoms with E-state index in [-0.39, 0.29) is 6.61 Å². The largest absolute Gasteiger partial charge is 0.395 e. The molecule has 3 heteroatoms. The molecule has 0 aliphatic rings. The average molecular weight is 442 g/mol. The summed E-state index contributed by atoms with van der Waals surface area (Å²) in [6, 6.07) is 0. The van der Waals surface area contributed by atoms with E-state index in [4.69, 9.17) is 4.74 Å². The smallest absolute Gasteiger partial charge is 0.0558 e. The summed E-state index contributed by atoms with van der Waals surface area (Å²) < 4.78 is 5.14. The summed E-state index contributed by atoms with van der Waals surface area (Å²) in [5.74, 6) is 0.991. The summed E-state index contributed by atoms with van der Waals surface area (Å²) in [6.07, 6.45) is 26.4. The van der Waals surface area contributed by atoms with E-state index in [2.05, 4.69) is 18.7 Å². The van der Waals surface area contributed by atoms with Crippen LogP contribution in [0.4, 0.5) is 0 Å². The Kier molecular flexibility index (Phi) is 26.0. The molecule has 1 atom stereocenters. The first kappa shape index (κ1) is 30.9. The first-order chi connectivity index (χ1) is 15.3. The lowest BCUT2D eigenvalue weighted by molar-refractivity contribution is 0.169. The molecule has 0 saturated heterocycles. The van der Waals surface area contributed by atoms with E-state index in [1.807, 2.05) is 0 Å². The highest BCUT2D eigenvalue weighted by atomic mass is 16.5. The number of aliphatic hydroxyl groups is 1. The summed E-state index contributed by atoms with van der Waals surface area (Å²) >= 11 is 0. The Bertz CT molecular complexity index is 324. The molecule has 0 fully saturated rings. The summed E-state index contributed by atoms with van der Waals surface area (Å²) in [4.78, 5) is 2.43. The Labute approximate surface area is 196 Å². The lowest BCUT2D eigenvalue weighted by Gasteiger charge is -2.21.